The Morgan fingerprint density at radius 2 is 2.12 bits per heavy atom. The van der Waals surface area contributed by atoms with Crippen LogP contribution in [0.3, 0.4) is 0 Å². The minimum Gasteiger partial charge on any atom is -0.494 e. The van der Waals surface area contributed by atoms with Gasteiger partial charge in [-0.15, -0.1) is 0 Å². The summed E-state index contributed by atoms with van der Waals surface area (Å²) in [7, 11) is 0. The van der Waals surface area contributed by atoms with E-state index >= 15 is 0 Å². The van der Waals surface area contributed by atoms with E-state index in [1.54, 1.807) is 0 Å². The second-order valence-corrected chi connectivity index (χ2v) is 6.76. The number of fused-ring (bicyclic) bond motifs is 1. The average molecular weight is 360 g/mol. The molecule has 26 heavy (non-hydrogen) atoms. The predicted octanol–water partition coefficient (Wildman–Crippen LogP) is 0.848. The molecule has 0 atom stereocenters. The summed E-state index contributed by atoms with van der Waals surface area (Å²) in [6, 6.07) is 0.0298. The van der Waals surface area contributed by atoms with Gasteiger partial charge in [-0.2, -0.15) is 9.61 Å². The van der Waals surface area contributed by atoms with Crippen molar-refractivity contribution in [1.82, 2.24) is 19.5 Å². The topological polar surface area (TPSA) is 126 Å². The van der Waals surface area contributed by atoms with Crippen molar-refractivity contribution in [3.8, 4) is 5.88 Å². The molecule has 1 amide bonds. The lowest BCUT2D eigenvalue weighted by atomic mass is 10.2. The number of carboxylic acid groups (broad SMARTS) is 1. The van der Waals surface area contributed by atoms with Gasteiger partial charge in [0.05, 0.1) is 6.20 Å². The molecular formula is C17H20N4O5. The van der Waals surface area contributed by atoms with Crippen LogP contribution in [0, 0.1) is 5.92 Å². The van der Waals surface area contributed by atoms with Gasteiger partial charge in [0.1, 0.15) is 5.65 Å². The van der Waals surface area contributed by atoms with E-state index in [9.17, 15) is 19.5 Å². The standard InChI is InChI=1S/C17H20N4O5/c1-9(2)8-20-15-10(3-6-12(22)23)7-18-21(15)17(26)13(16(20)25)14(24)19-11-4-5-11/h3,6-7,9,11,25H,4-5,8H2,1-2H3,(H,19,24)(H,22,23)/b6-3+. The number of aromatic nitrogens is 3. The number of nitrogens with zero attached hydrogens (tertiary/aromatic N) is 3. The number of aromatic hydroxyl groups is 1. The van der Waals surface area contributed by atoms with Crippen molar-refractivity contribution in [2.45, 2.75) is 39.3 Å². The first-order valence-electron chi connectivity index (χ1n) is 8.35. The second-order valence-electron chi connectivity index (χ2n) is 6.76. The molecule has 0 bridgehead atoms. The minimum absolute atomic E-state index is 0.0298. The molecular weight excluding hydrogens is 340 g/mol. The highest BCUT2D eigenvalue weighted by Gasteiger charge is 2.29. The van der Waals surface area contributed by atoms with Crippen LogP contribution in [0.2, 0.25) is 0 Å². The molecule has 9 heteroatoms. The highest BCUT2D eigenvalue weighted by atomic mass is 16.4. The molecule has 0 spiro atoms. The predicted molar refractivity (Wildman–Crippen MR) is 93.1 cm³/mol. The quantitative estimate of drug-likeness (QED) is 0.656. The zero-order chi connectivity index (χ0) is 19.0. The summed E-state index contributed by atoms with van der Waals surface area (Å²) < 4.78 is 2.44. The molecule has 2 aromatic heterocycles. The largest absolute Gasteiger partial charge is 0.494 e. The van der Waals surface area contributed by atoms with E-state index in [0.717, 1.165) is 23.4 Å². The Hall–Kier alpha value is -3.10. The highest BCUT2D eigenvalue weighted by molar-refractivity contribution is 5.97. The van der Waals surface area contributed by atoms with E-state index < -0.39 is 23.3 Å². The van der Waals surface area contributed by atoms with Gasteiger partial charge < -0.3 is 15.5 Å². The summed E-state index contributed by atoms with van der Waals surface area (Å²) in [6.45, 7) is 4.15. The van der Waals surface area contributed by atoms with Gasteiger partial charge in [0.25, 0.3) is 11.5 Å². The molecule has 2 aromatic rings. The molecule has 1 saturated carbocycles. The lowest BCUT2D eigenvalue weighted by Crippen LogP contribution is -2.34. The number of aliphatic carboxylic acids is 1. The summed E-state index contributed by atoms with van der Waals surface area (Å²) in [6.07, 6.45) is 5.24. The lowest BCUT2D eigenvalue weighted by molar-refractivity contribution is -0.131. The van der Waals surface area contributed by atoms with Crippen molar-refractivity contribution in [2.24, 2.45) is 5.92 Å². The van der Waals surface area contributed by atoms with E-state index in [2.05, 4.69) is 10.4 Å². The Morgan fingerprint density at radius 3 is 2.69 bits per heavy atom. The highest BCUT2D eigenvalue weighted by Crippen LogP contribution is 2.24. The van der Waals surface area contributed by atoms with E-state index in [1.165, 1.54) is 16.8 Å². The number of carbonyl (C=O) groups is 2. The van der Waals surface area contributed by atoms with Gasteiger partial charge in [0.15, 0.2) is 5.56 Å². The molecule has 0 aliphatic heterocycles. The Balaban J connectivity index is 2.23. The monoisotopic (exact) mass is 360 g/mol. The second kappa shape index (κ2) is 6.66. The summed E-state index contributed by atoms with van der Waals surface area (Å²) >= 11 is 0. The Labute approximate surface area is 148 Å². The van der Waals surface area contributed by atoms with E-state index in [1.807, 2.05) is 13.8 Å². The lowest BCUT2D eigenvalue weighted by Gasteiger charge is -2.17. The molecule has 0 aromatic carbocycles. The Kier molecular flexibility index (Phi) is 4.54. The van der Waals surface area contributed by atoms with Crippen LogP contribution in [0.25, 0.3) is 11.7 Å². The molecule has 2 heterocycles. The van der Waals surface area contributed by atoms with Crippen LogP contribution in [0.1, 0.15) is 42.6 Å². The molecule has 9 nitrogen and oxygen atoms in total. The van der Waals surface area contributed by atoms with Crippen LogP contribution in [0.15, 0.2) is 17.1 Å². The first-order chi connectivity index (χ1) is 12.3. The van der Waals surface area contributed by atoms with Crippen LogP contribution in [-0.2, 0) is 11.3 Å². The third kappa shape index (κ3) is 3.32. The smallest absolute Gasteiger partial charge is 0.328 e. The van der Waals surface area contributed by atoms with Crippen molar-refractivity contribution in [3.63, 3.8) is 0 Å². The van der Waals surface area contributed by atoms with Crippen molar-refractivity contribution >= 4 is 23.6 Å². The summed E-state index contributed by atoms with van der Waals surface area (Å²) in [5.41, 5.74) is -0.510. The van der Waals surface area contributed by atoms with Crippen LogP contribution in [0.4, 0.5) is 0 Å². The molecule has 1 fully saturated rings. The fraction of sp³-hybridized carbons (Fsp3) is 0.412. The summed E-state index contributed by atoms with van der Waals surface area (Å²) in [5.74, 6) is -2.13. The maximum atomic E-state index is 12.7. The number of amides is 1. The van der Waals surface area contributed by atoms with Crippen LogP contribution in [-0.4, -0.2) is 42.3 Å². The van der Waals surface area contributed by atoms with Crippen LogP contribution < -0.4 is 10.9 Å². The van der Waals surface area contributed by atoms with E-state index in [4.69, 9.17) is 5.11 Å². The fourth-order valence-corrected chi connectivity index (χ4v) is 2.71. The number of rotatable bonds is 6. The molecule has 0 unspecified atom stereocenters. The zero-order valence-corrected chi connectivity index (χ0v) is 14.5. The van der Waals surface area contributed by atoms with Crippen molar-refractivity contribution in [1.29, 1.82) is 0 Å². The number of hydrogen-bond acceptors (Lipinski definition) is 5. The van der Waals surface area contributed by atoms with Gasteiger partial charge in [-0.05, 0) is 24.8 Å². The van der Waals surface area contributed by atoms with Gasteiger partial charge in [-0.25, -0.2) is 4.79 Å². The Morgan fingerprint density at radius 1 is 1.42 bits per heavy atom. The fourth-order valence-electron chi connectivity index (χ4n) is 2.71. The number of nitrogens with one attached hydrogen (secondary N) is 1. The van der Waals surface area contributed by atoms with Crippen molar-refractivity contribution in [3.05, 3.63) is 33.8 Å². The molecule has 0 saturated heterocycles. The normalized spacial score (nSPS) is 14.4. The van der Waals surface area contributed by atoms with Crippen molar-refractivity contribution in [2.75, 3.05) is 0 Å². The summed E-state index contributed by atoms with van der Waals surface area (Å²) in [5, 5.41) is 26.2. The van der Waals surface area contributed by atoms with Gasteiger partial charge in [0.2, 0.25) is 5.88 Å². The molecule has 3 rings (SSSR count). The summed E-state index contributed by atoms with van der Waals surface area (Å²) in [4.78, 5) is 35.9. The number of carbonyl (C=O) groups excluding carboxylic acids is 1. The van der Waals surface area contributed by atoms with Gasteiger partial charge in [-0.1, -0.05) is 13.8 Å². The Bertz CT molecular complexity index is 966. The first kappa shape index (κ1) is 17.7. The van der Waals surface area contributed by atoms with Crippen LogP contribution >= 0.6 is 0 Å². The molecule has 3 N–H and O–H groups in total. The molecule has 138 valence electrons. The van der Waals surface area contributed by atoms with Gasteiger partial charge in [0, 0.05) is 24.2 Å². The number of hydrogen-bond donors (Lipinski definition) is 3. The maximum absolute atomic E-state index is 12.7. The maximum Gasteiger partial charge on any atom is 0.328 e. The van der Waals surface area contributed by atoms with Crippen molar-refractivity contribution < 1.29 is 19.8 Å². The molecule has 1 aliphatic rings. The zero-order valence-electron chi connectivity index (χ0n) is 14.5. The van der Waals surface area contributed by atoms with E-state index in [-0.39, 0.29) is 23.2 Å². The number of carboxylic acids is 1. The molecule has 1 aliphatic carbocycles. The third-order valence-corrected chi connectivity index (χ3v) is 4.01. The first-order valence-corrected chi connectivity index (χ1v) is 8.35. The van der Waals surface area contributed by atoms with Crippen LogP contribution in [0.5, 0.6) is 5.88 Å². The van der Waals surface area contributed by atoms with Gasteiger partial charge >= 0.3 is 5.97 Å². The average Bonchev–Trinajstić information content (AvgIpc) is 3.25. The minimum atomic E-state index is -1.15. The van der Waals surface area contributed by atoms with E-state index in [0.29, 0.717) is 12.1 Å². The SMILES string of the molecule is CC(C)Cn1c(O)c(C(=O)NC2CC2)c(=O)n2ncc(/C=C/C(=O)O)c12. The van der Waals surface area contributed by atoms with Gasteiger partial charge in [-0.3, -0.25) is 14.2 Å². The third-order valence-electron chi connectivity index (χ3n) is 4.01. The molecule has 0 radical (unpaired) electrons.